The van der Waals surface area contributed by atoms with Crippen LogP contribution in [-0.4, -0.2) is 44.4 Å². The van der Waals surface area contributed by atoms with Crippen LogP contribution in [0.4, 0.5) is 0 Å². The zero-order chi connectivity index (χ0) is 16.8. The van der Waals surface area contributed by atoms with E-state index in [0.29, 0.717) is 13.2 Å². The van der Waals surface area contributed by atoms with E-state index in [1.54, 1.807) is 0 Å². The van der Waals surface area contributed by atoms with Gasteiger partial charge in [-0.2, -0.15) is 0 Å². The number of nitrogens with zero attached hydrogens (tertiary/aromatic N) is 1. The lowest BCUT2D eigenvalue weighted by molar-refractivity contribution is 0.0594. The van der Waals surface area contributed by atoms with Gasteiger partial charge in [0.1, 0.15) is 12.4 Å². The molecule has 0 saturated carbocycles. The van der Waals surface area contributed by atoms with Crippen molar-refractivity contribution in [3.05, 3.63) is 28.3 Å². The molecule has 1 fully saturated rings. The second-order valence-electron chi connectivity index (χ2n) is 6.96. The molecule has 0 radical (unpaired) electrons. The molecule has 1 heterocycles. The van der Waals surface area contributed by atoms with Crippen LogP contribution < -0.4 is 4.74 Å². The van der Waals surface area contributed by atoms with Crippen LogP contribution in [0.3, 0.4) is 0 Å². The first-order chi connectivity index (χ1) is 11.0. The summed E-state index contributed by atoms with van der Waals surface area (Å²) in [6.45, 7) is 14.1. The monoisotopic (exact) mass is 339 g/mol. The third-order valence-electron chi connectivity index (χ3n) is 4.65. The highest BCUT2D eigenvalue weighted by Crippen LogP contribution is 2.27. The standard InChI is InChI=1S/C19H30ClNO2/c1-14-11-15(2)13-21(12-14)7-8-22-9-10-23-19-6-5-18(20)16(3)17(19)4/h5-6,14-15H,7-13H2,1-4H3/t14-,15-/m1/s1. The lowest BCUT2D eigenvalue weighted by Gasteiger charge is -2.34. The molecule has 1 saturated heterocycles. The fraction of sp³-hybridized carbons (Fsp3) is 0.684. The molecule has 4 heteroatoms. The van der Waals surface area contributed by atoms with Gasteiger partial charge in [-0.15, -0.1) is 0 Å². The summed E-state index contributed by atoms with van der Waals surface area (Å²) in [5.41, 5.74) is 2.19. The van der Waals surface area contributed by atoms with Gasteiger partial charge in [0.2, 0.25) is 0 Å². The minimum atomic E-state index is 0.578. The van der Waals surface area contributed by atoms with E-state index >= 15 is 0 Å². The van der Waals surface area contributed by atoms with Gasteiger partial charge in [0.15, 0.2) is 0 Å². The third-order valence-corrected chi connectivity index (χ3v) is 5.06. The summed E-state index contributed by atoms with van der Waals surface area (Å²) in [7, 11) is 0. The molecule has 0 aliphatic carbocycles. The van der Waals surface area contributed by atoms with Crippen LogP contribution >= 0.6 is 11.6 Å². The highest BCUT2D eigenvalue weighted by Gasteiger charge is 2.21. The van der Waals surface area contributed by atoms with Crippen LogP contribution in [-0.2, 0) is 4.74 Å². The van der Waals surface area contributed by atoms with Crippen molar-refractivity contribution in [2.75, 3.05) is 39.5 Å². The zero-order valence-corrected chi connectivity index (χ0v) is 15.7. The predicted octanol–water partition coefficient (Wildman–Crippen LogP) is 4.33. The van der Waals surface area contributed by atoms with Crippen molar-refractivity contribution in [2.45, 2.75) is 34.1 Å². The SMILES string of the molecule is Cc1c(Cl)ccc(OCCOCCN2C[C@H](C)C[C@@H](C)C2)c1C. The summed E-state index contributed by atoms with van der Waals surface area (Å²) in [6.07, 6.45) is 1.35. The van der Waals surface area contributed by atoms with Gasteiger partial charge in [-0.25, -0.2) is 0 Å². The Labute approximate surface area is 145 Å². The highest BCUT2D eigenvalue weighted by molar-refractivity contribution is 6.31. The lowest BCUT2D eigenvalue weighted by atomic mass is 9.92. The van der Waals surface area contributed by atoms with E-state index in [-0.39, 0.29) is 0 Å². The fourth-order valence-corrected chi connectivity index (χ4v) is 3.60. The first kappa shape index (κ1) is 18.6. The summed E-state index contributed by atoms with van der Waals surface area (Å²) < 4.78 is 11.5. The van der Waals surface area contributed by atoms with E-state index < -0.39 is 0 Å². The van der Waals surface area contributed by atoms with Gasteiger partial charge >= 0.3 is 0 Å². The van der Waals surface area contributed by atoms with Gasteiger partial charge in [-0.1, -0.05) is 25.4 Å². The van der Waals surface area contributed by atoms with E-state index in [1.807, 2.05) is 26.0 Å². The average molecular weight is 340 g/mol. The van der Waals surface area contributed by atoms with Gasteiger partial charge in [-0.05, 0) is 55.4 Å². The van der Waals surface area contributed by atoms with Crippen LogP contribution in [0, 0.1) is 25.7 Å². The lowest BCUT2D eigenvalue weighted by Crippen LogP contribution is -2.40. The molecule has 23 heavy (non-hydrogen) atoms. The molecule has 1 aromatic rings. The minimum absolute atomic E-state index is 0.578. The molecule has 0 N–H and O–H groups in total. The Morgan fingerprint density at radius 2 is 1.74 bits per heavy atom. The summed E-state index contributed by atoms with van der Waals surface area (Å²) in [6, 6.07) is 3.82. The van der Waals surface area contributed by atoms with Crippen molar-refractivity contribution in [3.63, 3.8) is 0 Å². The Morgan fingerprint density at radius 3 is 2.43 bits per heavy atom. The van der Waals surface area contributed by atoms with Crippen molar-refractivity contribution < 1.29 is 9.47 Å². The average Bonchev–Trinajstić information content (AvgIpc) is 2.49. The molecule has 3 nitrogen and oxygen atoms in total. The maximum absolute atomic E-state index is 6.10. The number of rotatable bonds is 7. The zero-order valence-electron chi connectivity index (χ0n) is 14.9. The molecule has 0 bridgehead atoms. The van der Waals surface area contributed by atoms with Crippen molar-refractivity contribution in [1.82, 2.24) is 4.90 Å². The number of hydrogen-bond acceptors (Lipinski definition) is 3. The number of ether oxygens (including phenoxy) is 2. The topological polar surface area (TPSA) is 21.7 Å². The number of hydrogen-bond donors (Lipinski definition) is 0. The first-order valence-electron chi connectivity index (χ1n) is 8.66. The molecule has 0 amide bonds. The summed E-state index contributed by atoms with van der Waals surface area (Å²) in [5.74, 6) is 2.51. The second kappa shape index (κ2) is 8.91. The normalized spacial score (nSPS) is 22.3. The van der Waals surface area contributed by atoms with E-state index in [4.69, 9.17) is 21.1 Å². The molecule has 0 unspecified atom stereocenters. The Kier molecular flexibility index (Phi) is 7.19. The van der Waals surface area contributed by atoms with E-state index in [2.05, 4.69) is 18.7 Å². The molecule has 0 spiro atoms. The van der Waals surface area contributed by atoms with Crippen LogP contribution in [0.15, 0.2) is 12.1 Å². The molecule has 1 aliphatic heterocycles. The third kappa shape index (κ3) is 5.66. The summed E-state index contributed by atoms with van der Waals surface area (Å²) in [5, 5.41) is 0.788. The van der Waals surface area contributed by atoms with Crippen LogP contribution in [0.1, 0.15) is 31.4 Å². The Morgan fingerprint density at radius 1 is 1.04 bits per heavy atom. The number of likely N-dealkylation sites (tertiary alicyclic amines) is 1. The van der Waals surface area contributed by atoms with E-state index in [9.17, 15) is 0 Å². The van der Waals surface area contributed by atoms with Gasteiger partial charge in [0, 0.05) is 24.7 Å². The fourth-order valence-electron chi connectivity index (χ4n) is 3.40. The number of piperidine rings is 1. The molecule has 2 atom stereocenters. The van der Waals surface area contributed by atoms with E-state index in [1.165, 1.54) is 19.5 Å². The van der Waals surface area contributed by atoms with Crippen molar-refractivity contribution >= 4 is 11.6 Å². The van der Waals surface area contributed by atoms with Gasteiger partial charge in [-0.3, -0.25) is 0 Å². The highest BCUT2D eigenvalue weighted by atomic mass is 35.5. The predicted molar refractivity (Wildman–Crippen MR) is 96.6 cm³/mol. The van der Waals surface area contributed by atoms with Crippen molar-refractivity contribution in [2.24, 2.45) is 11.8 Å². The summed E-state index contributed by atoms with van der Waals surface area (Å²) >= 11 is 6.10. The van der Waals surface area contributed by atoms with Gasteiger partial charge in [0.05, 0.1) is 13.2 Å². The van der Waals surface area contributed by atoms with Crippen LogP contribution in [0.25, 0.3) is 0 Å². The molecule has 0 aromatic heterocycles. The Hall–Kier alpha value is -0.770. The molecule has 2 rings (SSSR count). The van der Waals surface area contributed by atoms with Crippen LogP contribution in [0.2, 0.25) is 5.02 Å². The number of benzene rings is 1. The molecule has 1 aliphatic rings. The molecule has 1 aromatic carbocycles. The minimum Gasteiger partial charge on any atom is -0.491 e. The quantitative estimate of drug-likeness (QED) is 0.690. The van der Waals surface area contributed by atoms with Crippen molar-refractivity contribution in [3.8, 4) is 5.75 Å². The molecule has 130 valence electrons. The summed E-state index contributed by atoms with van der Waals surface area (Å²) in [4.78, 5) is 2.52. The molecular formula is C19H30ClNO2. The maximum atomic E-state index is 6.10. The molecular weight excluding hydrogens is 310 g/mol. The Balaban J connectivity index is 1.62. The largest absolute Gasteiger partial charge is 0.491 e. The number of halogens is 1. The Bertz CT molecular complexity index is 496. The first-order valence-corrected chi connectivity index (χ1v) is 9.03. The van der Waals surface area contributed by atoms with Gasteiger partial charge < -0.3 is 14.4 Å². The maximum Gasteiger partial charge on any atom is 0.122 e. The van der Waals surface area contributed by atoms with E-state index in [0.717, 1.165) is 46.9 Å². The van der Waals surface area contributed by atoms with Crippen molar-refractivity contribution in [1.29, 1.82) is 0 Å². The van der Waals surface area contributed by atoms with Gasteiger partial charge in [0.25, 0.3) is 0 Å². The second-order valence-corrected chi connectivity index (χ2v) is 7.37. The smallest absolute Gasteiger partial charge is 0.122 e. The van der Waals surface area contributed by atoms with Crippen LogP contribution in [0.5, 0.6) is 5.75 Å².